The number of rotatable bonds is 10. The highest BCUT2D eigenvalue weighted by atomic mass is 16.7. The average Bonchev–Trinajstić information content (AvgIpc) is 3.39. The maximum atomic E-state index is 13.7. The summed E-state index contributed by atoms with van der Waals surface area (Å²) in [5.74, 6) is -1.35. The number of hydroxylamine groups is 2. The fraction of sp³-hybridized carbons (Fsp3) is 0.281. The maximum Gasteiger partial charge on any atom is 0.249 e. The number of carbonyl (C=O) groups is 3. The number of amides is 3. The molecule has 2 aliphatic rings. The fourth-order valence-corrected chi connectivity index (χ4v) is 5.12. The summed E-state index contributed by atoms with van der Waals surface area (Å²) in [7, 11) is 0. The van der Waals surface area contributed by atoms with E-state index in [9.17, 15) is 14.4 Å². The normalized spacial score (nSPS) is 17.6. The van der Waals surface area contributed by atoms with Gasteiger partial charge in [-0.15, -0.1) is 0 Å². The zero-order chi connectivity index (χ0) is 28.6. The lowest BCUT2D eigenvalue weighted by molar-refractivity contribution is -0.208. The van der Waals surface area contributed by atoms with E-state index in [-0.39, 0.29) is 18.9 Å². The van der Waals surface area contributed by atoms with E-state index in [4.69, 9.17) is 10.6 Å². The number of anilines is 1. The zero-order valence-corrected chi connectivity index (χ0v) is 22.9. The first-order valence-corrected chi connectivity index (χ1v) is 13.9. The average molecular weight is 554 g/mol. The van der Waals surface area contributed by atoms with E-state index >= 15 is 0 Å². The molecule has 0 radical (unpaired) electrons. The molecular formula is C32H35N5O4. The first-order chi connectivity index (χ1) is 20.0. The monoisotopic (exact) mass is 553 g/mol. The van der Waals surface area contributed by atoms with Crippen LogP contribution in [0.3, 0.4) is 0 Å². The summed E-state index contributed by atoms with van der Waals surface area (Å²) in [6, 6.07) is 26.0. The van der Waals surface area contributed by atoms with E-state index < -0.39 is 23.9 Å². The lowest BCUT2D eigenvalue weighted by atomic mass is 10.1. The quantitative estimate of drug-likeness (QED) is 0.370. The zero-order valence-electron chi connectivity index (χ0n) is 22.9. The molecular weight excluding hydrogens is 518 g/mol. The Bertz CT molecular complexity index is 1360. The minimum absolute atomic E-state index is 0.119. The molecule has 0 bridgehead atoms. The third-order valence-electron chi connectivity index (χ3n) is 7.40. The third kappa shape index (κ3) is 6.93. The molecule has 2 aliphatic heterocycles. The number of nitrogens with two attached hydrogens (primary N) is 1. The standard InChI is InChI=1S/C32H35N5O4/c33-31(39)29(36-20-19-35(23-36)27-16-14-26(15-17-27)25-11-5-2-6-12-25)21-30(38)37(28-13-7-8-18-34-32(28)40)41-22-24-9-3-1-4-10-24/h1-6,9-12,14-17,19-20,28-29H,7-8,13,18,21-23H2,(H2,33,39)(H,34,40)/t28-,29?/m0/s1. The maximum absolute atomic E-state index is 13.7. The van der Waals surface area contributed by atoms with E-state index in [1.54, 1.807) is 11.1 Å². The molecule has 1 unspecified atom stereocenters. The molecule has 3 aromatic rings. The van der Waals surface area contributed by atoms with Gasteiger partial charge in [0.05, 0.1) is 13.1 Å². The van der Waals surface area contributed by atoms with Crippen molar-refractivity contribution in [1.29, 1.82) is 0 Å². The number of benzene rings is 3. The van der Waals surface area contributed by atoms with Crippen LogP contribution in [0.2, 0.25) is 0 Å². The highest BCUT2D eigenvalue weighted by molar-refractivity contribution is 5.90. The molecule has 9 heteroatoms. The van der Waals surface area contributed by atoms with Crippen LogP contribution in [-0.2, 0) is 25.8 Å². The summed E-state index contributed by atoms with van der Waals surface area (Å²) in [6.07, 6.45) is 5.48. The SMILES string of the molecule is NC(=O)C(CC(=O)N(OCc1ccccc1)[C@H]1CCCCNC1=O)N1C=CN(c2ccc(-c3ccccc3)cc2)C1. The summed E-state index contributed by atoms with van der Waals surface area (Å²) in [6.45, 7) is 1.02. The van der Waals surface area contributed by atoms with Crippen molar-refractivity contribution in [2.24, 2.45) is 5.73 Å². The fourth-order valence-electron chi connectivity index (χ4n) is 5.12. The number of carbonyl (C=O) groups excluding carboxylic acids is 3. The second kappa shape index (κ2) is 13.1. The first-order valence-electron chi connectivity index (χ1n) is 13.9. The van der Waals surface area contributed by atoms with Gasteiger partial charge in [0.2, 0.25) is 17.7 Å². The Morgan fingerprint density at radius 3 is 2.32 bits per heavy atom. The van der Waals surface area contributed by atoms with Crippen molar-refractivity contribution in [3.8, 4) is 11.1 Å². The molecule has 2 heterocycles. The van der Waals surface area contributed by atoms with Crippen molar-refractivity contribution in [3.63, 3.8) is 0 Å². The summed E-state index contributed by atoms with van der Waals surface area (Å²) in [4.78, 5) is 48.8. The topological polar surface area (TPSA) is 108 Å². The number of hydrogen-bond donors (Lipinski definition) is 2. The molecule has 1 fully saturated rings. The summed E-state index contributed by atoms with van der Waals surface area (Å²) in [5, 5.41) is 4.02. The second-order valence-corrected chi connectivity index (χ2v) is 10.2. The second-order valence-electron chi connectivity index (χ2n) is 10.2. The Hall–Kier alpha value is -4.63. The van der Waals surface area contributed by atoms with Gasteiger partial charge in [-0.1, -0.05) is 72.8 Å². The van der Waals surface area contributed by atoms with Gasteiger partial charge in [-0.05, 0) is 48.1 Å². The number of hydrogen-bond acceptors (Lipinski definition) is 6. The van der Waals surface area contributed by atoms with Crippen molar-refractivity contribution >= 4 is 23.4 Å². The Morgan fingerprint density at radius 2 is 1.61 bits per heavy atom. The van der Waals surface area contributed by atoms with Crippen LogP contribution in [0.4, 0.5) is 5.69 Å². The van der Waals surface area contributed by atoms with Crippen molar-refractivity contribution in [2.45, 2.75) is 44.4 Å². The minimum Gasteiger partial charge on any atom is -0.368 e. The number of nitrogens with one attached hydrogen (secondary N) is 1. The van der Waals surface area contributed by atoms with Crippen LogP contribution < -0.4 is 16.0 Å². The number of nitrogens with zero attached hydrogens (tertiary/aromatic N) is 3. The molecule has 0 aromatic heterocycles. The lowest BCUT2D eigenvalue weighted by Gasteiger charge is -2.32. The Balaban J connectivity index is 1.28. The molecule has 3 aromatic carbocycles. The molecule has 0 spiro atoms. The Labute approximate surface area is 240 Å². The van der Waals surface area contributed by atoms with Gasteiger partial charge in [-0.3, -0.25) is 19.2 Å². The molecule has 0 aliphatic carbocycles. The van der Waals surface area contributed by atoms with Crippen LogP contribution in [0.5, 0.6) is 0 Å². The van der Waals surface area contributed by atoms with E-state index in [1.165, 1.54) is 0 Å². The van der Waals surface area contributed by atoms with Gasteiger partial charge in [0, 0.05) is 24.6 Å². The minimum atomic E-state index is -0.913. The van der Waals surface area contributed by atoms with Crippen LogP contribution in [0.1, 0.15) is 31.2 Å². The van der Waals surface area contributed by atoms with Crippen molar-refractivity contribution in [1.82, 2.24) is 15.3 Å². The lowest BCUT2D eigenvalue weighted by Crippen LogP contribution is -2.52. The summed E-state index contributed by atoms with van der Waals surface area (Å²) < 4.78 is 0. The predicted octanol–water partition coefficient (Wildman–Crippen LogP) is 3.78. The highest BCUT2D eigenvalue weighted by Crippen LogP contribution is 2.26. The largest absolute Gasteiger partial charge is 0.368 e. The van der Waals surface area contributed by atoms with Crippen molar-refractivity contribution in [3.05, 3.63) is 103 Å². The van der Waals surface area contributed by atoms with E-state index in [2.05, 4.69) is 29.6 Å². The van der Waals surface area contributed by atoms with Crippen molar-refractivity contribution in [2.75, 3.05) is 18.1 Å². The molecule has 3 N–H and O–H groups in total. The van der Waals surface area contributed by atoms with Gasteiger partial charge in [0.25, 0.3) is 0 Å². The Morgan fingerprint density at radius 1 is 0.927 bits per heavy atom. The van der Waals surface area contributed by atoms with Crippen LogP contribution in [-0.4, -0.2) is 53.0 Å². The van der Waals surface area contributed by atoms with Crippen molar-refractivity contribution < 1.29 is 19.2 Å². The van der Waals surface area contributed by atoms with E-state index in [1.807, 2.05) is 71.8 Å². The molecule has 0 saturated carbocycles. The third-order valence-corrected chi connectivity index (χ3v) is 7.40. The summed E-state index contributed by atoms with van der Waals surface area (Å²) in [5.41, 5.74) is 9.85. The summed E-state index contributed by atoms with van der Waals surface area (Å²) >= 11 is 0. The van der Waals surface area contributed by atoms with Crippen LogP contribution in [0.15, 0.2) is 97.3 Å². The first kappa shape index (κ1) is 27.9. The molecule has 1 saturated heterocycles. The molecule has 2 atom stereocenters. The molecule has 212 valence electrons. The van der Waals surface area contributed by atoms with Gasteiger partial charge in [0.1, 0.15) is 18.7 Å². The molecule has 41 heavy (non-hydrogen) atoms. The van der Waals surface area contributed by atoms with Gasteiger partial charge in [-0.25, -0.2) is 5.06 Å². The smallest absolute Gasteiger partial charge is 0.249 e. The van der Waals surface area contributed by atoms with E-state index in [0.717, 1.165) is 40.3 Å². The molecule has 3 amide bonds. The van der Waals surface area contributed by atoms with Crippen LogP contribution in [0, 0.1) is 0 Å². The number of primary amides is 1. The Kier molecular flexibility index (Phi) is 8.95. The van der Waals surface area contributed by atoms with Gasteiger partial charge in [-0.2, -0.15) is 0 Å². The van der Waals surface area contributed by atoms with Gasteiger partial charge >= 0.3 is 0 Å². The van der Waals surface area contributed by atoms with Crippen LogP contribution in [0.25, 0.3) is 11.1 Å². The highest BCUT2D eigenvalue weighted by Gasteiger charge is 2.36. The van der Waals surface area contributed by atoms with Crippen LogP contribution >= 0.6 is 0 Å². The molecule has 9 nitrogen and oxygen atoms in total. The molecule has 5 rings (SSSR count). The predicted molar refractivity (Wildman–Crippen MR) is 157 cm³/mol. The van der Waals surface area contributed by atoms with Gasteiger partial charge in [0.15, 0.2) is 0 Å². The van der Waals surface area contributed by atoms with Gasteiger partial charge < -0.3 is 20.9 Å². The van der Waals surface area contributed by atoms with E-state index in [0.29, 0.717) is 19.6 Å².